The number of unbranched alkanes of at least 4 members (excludes halogenated alkanes) is 2. The molecule has 31 heavy (non-hydrogen) atoms. The van der Waals surface area contributed by atoms with E-state index in [1.54, 1.807) is 9.88 Å². The van der Waals surface area contributed by atoms with Gasteiger partial charge in [0.2, 0.25) is 5.95 Å². The van der Waals surface area contributed by atoms with Crippen molar-refractivity contribution in [3.8, 4) is 0 Å². The number of halogens is 3. The van der Waals surface area contributed by atoms with Gasteiger partial charge in [0.25, 0.3) is 5.56 Å². The first-order valence-corrected chi connectivity index (χ1v) is 9.67. The normalized spacial score (nSPS) is 21.6. The second-order valence-corrected chi connectivity index (χ2v) is 7.20. The number of carbonyl (C=O) groups is 1. The van der Waals surface area contributed by atoms with Crippen LogP contribution < -0.4 is 16.6 Å². The van der Waals surface area contributed by atoms with E-state index in [0.29, 0.717) is 31.5 Å². The number of imidazole rings is 1. The van der Waals surface area contributed by atoms with E-state index in [9.17, 15) is 33.0 Å². The van der Waals surface area contributed by atoms with E-state index in [4.69, 9.17) is 10.5 Å². The fourth-order valence-corrected chi connectivity index (χ4v) is 3.45. The molecule has 3 heterocycles. The summed E-state index contributed by atoms with van der Waals surface area (Å²) in [5.41, 5.74) is 5.30. The highest BCUT2D eigenvalue weighted by Gasteiger charge is 2.38. The molecule has 1 fully saturated rings. The molecule has 0 radical (unpaired) electrons. The number of nitrogens with zero attached hydrogens (tertiary/aromatic N) is 3. The lowest BCUT2D eigenvalue weighted by atomic mass is 10.1. The Hall–Kier alpha value is -2.71. The number of aromatic amines is 1. The molecule has 3 rings (SSSR count). The molecule has 1 aliphatic rings. The molecule has 0 aromatic carbocycles. The number of aliphatic hydroxyl groups is 2. The van der Waals surface area contributed by atoms with Crippen LogP contribution in [0.15, 0.2) is 4.79 Å². The molecule has 0 unspecified atom stereocenters. The lowest BCUT2D eigenvalue weighted by Crippen LogP contribution is -2.37. The van der Waals surface area contributed by atoms with Gasteiger partial charge >= 0.3 is 12.1 Å². The first-order valence-electron chi connectivity index (χ1n) is 9.67. The number of hydrogen-bond acceptors (Lipinski definition) is 8. The van der Waals surface area contributed by atoms with Gasteiger partial charge in [-0.1, -0.05) is 6.42 Å². The van der Waals surface area contributed by atoms with E-state index in [1.165, 1.54) is 0 Å². The fourth-order valence-electron chi connectivity index (χ4n) is 3.45. The number of nitrogens with two attached hydrogens (primary N) is 1. The second kappa shape index (κ2) is 9.20. The predicted octanol–water partition coefficient (Wildman–Crippen LogP) is -0.266. The number of amides is 1. The molecule has 2 aromatic heterocycles. The van der Waals surface area contributed by atoms with Crippen molar-refractivity contribution in [2.75, 3.05) is 18.9 Å². The van der Waals surface area contributed by atoms with Crippen LogP contribution in [0.3, 0.4) is 0 Å². The van der Waals surface area contributed by atoms with Crippen LogP contribution in [-0.2, 0) is 16.0 Å². The number of alkyl halides is 3. The Morgan fingerprint density at radius 3 is 2.71 bits per heavy atom. The SMILES string of the molecule is Nc1nc2c(nc(CCCCCNC(=O)C(F)(F)F)n2[C@H]2C[C@H](O)[C@@H](CO)O2)c(=O)[nH]1. The highest BCUT2D eigenvalue weighted by Crippen LogP contribution is 2.32. The second-order valence-electron chi connectivity index (χ2n) is 7.20. The van der Waals surface area contributed by atoms with Crippen molar-refractivity contribution in [1.82, 2.24) is 24.8 Å². The number of fused-ring (bicyclic) bond motifs is 1. The Morgan fingerprint density at radius 2 is 2.06 bits per heavy atom. The molecular weight excluding hydrogens is 425 g/mol. The van der Waals surface area contributed by atoms with E-state index in [1.807, 2.05) is 0 Å². The summed E-state index contributed by atoms with van der Waals surface area (Å²) in [4.78, 5) is 33.8. The molecule has 11 nitrogen and oxygen atoms in total. The van der Waals surface area contributed by atoms with Gasteiger partial charge in [-0.15, -0.1) is 0 Å². The molecule has 3 atom stereocenters. The van der Waals surface area contributed by atoms with Crippen molar-refractivity contribution in [1.29, 1.82) is 0 Å². The number of rotatable bonds is 8. The zero-order valence-electron chi connectivity index (χ0n) is 16.4. The number of carbonyl (C=O) groups excluding carboxylic acids is 1. The summed E-state index contributed by atoms with van der Waals surface area (Å²) in [6, 6.07) is 0. The van der Waals surface area contributed by atoms with Crippen LogP contribution in [0.25, 0.3) is 11.2 Å². The van der Waals surface area contributed by atoms with Crippen LogP contribution in [-0.4, -0.2) is 67.2 Å². The van der Waals surface area contributed by atoms with Gasteiger partial charge in [0.05, 0.1) is 12.7 Å². The number of nitrogen functional groups attached to an aromatic ring is 1. The molecule has 0 bridgehead atoms. The lowest BCUT2D eigenvalue weighted by Gasteiger charge is -2.16. The van der Waals surface area contributed by atoms with Gasteiger partial charge in [-0.3, -0.25) is 19.1 Å². The summed E-state index contributed by atoms with van der Waals surface area (Å²) in [5, 5.41) is 21.2. The number of aryl methyl sites for hydroxylation is 1. The molecule has 1 saturated heterocycles. The number of H-pyrrole nitrogens is 1. The molecule has 0 spiro atoms. The number of ether oxygens (including phenoxy) is 1. The number of anilines is 1. The van der Waals surface area contributed by atoms with Gasteiger partial charge in [0.1, 0.15) is 18.2 Å². The number of aliphatic hydroxyl groups excluding tert-OH is 2. The van der Waals surface area contributed by atoms with E-state index in [0.717, 1.165) is 0 Å². The van der Waals surface area contributed by atoms with Crippen molar-refractivity contribution < 1.29 is 32.9 Å². The van der Waals surface area contributed by atoms with Gasteiger partial charge in [-0.25, -0.2) is 4.98 Å². The van der Waals surface area contributed by atoms with Crippen LogP contribution >= 0.6 is 0 Å². The quantitative estimate of drug-likeness (QED) is 0.344. The molecule has 0 aliphatic carbocycles. The van der Waals surface area contributed by atoms with E-state index in [2.05, 4.69) is 15.0 Å². The Balaban J connectivity index is 1.71. The smallest absolute Gasteiger partial charge is 0.394 e. The zero-order valence-corrected chi connectivity index (χ0v) is 16.4. The largest absolute Gasteiger partial charge is 0.471 e. The number of aromatic nitrogens is 4. The predicted molar refractivity (Wildman–Crippen MR) is 101 cm³/mol. The van der Waals surface area contributed by atoms with E-state index >= 15 is 0 Å². The van der Waals surface area contributed by atoms with Crippen LogP contribution in [0.5, 0.6) is 0 Å². The van der Waals surface area contributed by atoms with Gasteiger partial charge in [0, 0.05) is 19.4 Å². The third kappa shape index (κ3) is 5.14. The molecule has 1 amide bonds. The Kier molecular flexibility index (Phi) is 6.81. The Morgan fingerprint density at radius 1 is 1.32 bits per heavy atom. The first kappa shape index (κ1) is 23.0. The summed E-state index contributed by atoms with van der Waals surface area (Å²) in [7, 11) is 0. The standard InChI is InChI=1S/C17H23F3N6O5/c18-17(19,20)15(30)22-5-3-1-2-4-10-23-12-13(24-16(21)25-14(12)29)26(10)11-6-8(28)9(7-27)31-11/h8-9,11,27-28H,1-7H2,(H,22,30)(H3,21,24,25,29)/t8-,9+,11+/m0/s1. The number of hydrogen-bond donors (Lipinski definition) is 5. The van der Waals surface area contributed by atoms with Crippen LogP contribution in [0.1, 0.15) is 37.7 Å². The first-order chi connectivity index (χ1) is 14.6. The third-order valence-electron chi connectivity index (χ3n) is 4.93. The van der Waals surface area contributed by atoms with Crippen molar-refractivity contribution >= 4 is 23.0 Å². The van der Waals surface area contributed by atoms with Crippen molar-refractivity contribution in [3.63, 3.8) is 0 Å². The summed E-state index contributed by atoms with van der Waals surface area (Å²) in [6.45, 7) is -0.512. The van der Waals surface area contributed by atoms with Gasteiger partial charge < -0.3 is 26.0 Å². The van der Waals surface area contributed by atoms with Gasteiger partial charge in [-0.2, -0.15) is 18.2 Å². The number of nitrogens with one attached hydrogen (secondary N) is 2. The molecule has 1 aliphatic heterocycles. The van der Waals surface area contributed by atoms with Crippen LogP contribution in [0.2, 0.25) is 0 Å². The zero-order chi connectivity index (χ0) is 22.8. The van der Waals surface area contributed by atoms with Gasteiger partial charge in [0.15, 0.2) is 11.2 Å². The minimum Gasteiger partial charge on any atom is -0.394 e. The summed E-state index contributed by atoms with van der Waals surface area (Å²) in [5.74, 6) is -1.68. The maximum absolute atomic E-state index is 12.2. The minimum absolute atomic E-state index is 0.0344. The third-order valence-corrected chi connectivity index (χ3v) is 4.93. The Bertz CT molecular complexity index is 991. The molecule has 2 aromatic rings. The fraction of sp³-hybridized carbons (Fsp3) is 0.647. The highest BCUT2D eigenvalue weighted by molar-refractivity contribution is 5.81. The summed E-state index contributed by atoms with van der Waals surface area (Å²) >= 11 is 0. The van der Waals surface area contributed by atoms with Crippen LogP contribution in [0, 0.1) is 0 Å². The van der Waals surface area contributed by atoms with Crippen molar-refractivity contribution in [2.45, 2.75) is 56.7 Å². The highest BCUT2D eigenvalue weighted by atomic mass is 19.4. The Labute approximate surface area is 173 Å². The maximum Gasteiger partial charge on any atom is 0.471 e. The van der Waals surface area contributed by atoms with Gasteiger partial charge in [-0.05, 0) is 12.8 Å². The van der Waals surface area contributed by atoms with E-state index in [-0.39, 0.29) is 36.7 Å². The van der Waals surface area contributed by atoms with Crippen LogP contribution in [0.4, 0.5) is 19.1 Å². The summed E-state index contributed by atoms with van der Waals surface area (Å²) < 4.78 is 43.7. The monoisotopic (exact) mass is 448 g/mol. The minimum atomic E-state index is -4.91. The average Bonchev–Trinajstić information content (AvgIpc) is 3.23. The van der Waals surface area contributed by atoms with Crippen molar-refractivity contribution in [3.05, 3.63) is 16.2 Å². The van der Waals surface area contributed by atoms with Crippen molar-refractivity contribution in [2.24, 2.45) is 0 Å². The molecule has 6 N–H and O–H groups in total. The van der Waals surface area contributed by atoms with E-state index < -0.39 is 36.1 Å². The molecular formula is C17H23F3N6O5. The topological polar surface area (TPSA) is 168 Å². The summed E-state index contributed by atoms with van der Waals surface area (Å²) in [6.07, 6.45) is -5.58. The molecule has 0 saturated carbocycles. The average molecular weight is 448 g/mol. The maximum atomic E-state index is 12.2. The molecule has 172 valence electrons. The molecule has 14 heteroatoms. The lowest BCUT2D eigenvalue weighted by molar-refractivity contribution is -0.173.